The number of nitrogens with two attached hydrogens (primary N) is 2. The SMILES string of the molecule is CC1(C)N=C(N)N=C(N)N1OCc1c(Cl)cc(Cl)cc1Cl. The van der Waals surface area contributed by atoms with Crippen LogP contribution in [0.2, 0.25) is 15.1 Å². The van der Waals surface area contributed by atoms with Crippen molar-refractivity contribution in [2.75, 3.05) is 0 Å². The highest BCUT2D eigenvalue weighted by molar-refractivity contribution is 6.39. The molecule has 1 heterocycles. The number of halogens is 3. The zero-order valence-electron chi connectivity index (χ0n) is 11.4. The Bertz CT molecular complexity index is 606. The van der Waals surface area contributed by atoms with Gasteiger partial charge in [0.1, 0.15) is 6.61 Å². The number of nitrogens with zero attached hydrogens (tertiary/aromatic N) is 3. The zero-order chi connectivity index (χ0) is 15.8. The maximum absolute atomic E-state index is 6.11. The Morgan fingerprint density at radius 2 is 1.76 bits per heavy atom. The van der Waals surface area contributed by atoms with Crippen molar-refractivity contribution in [1.29, 1.82) is 0 Å². The van der Waals surface area contributed by atoms with E-state index in [4.69, 9.17) is 51.1 Å². The van der Waals surface area contributed by atoms with E-state index in [1.807, 2.05) is 0 Å². The van der Waals surface area contributed by atoms with Crippen LogP contribution in [0.1, 0.15) is 19.4 Å². The quantitative estimate of drug-likeness (QED) is 0.877. The van der Waals surface area contributed by atoms with Crippen LogP contribution in [0.3, 0.4) is 0 Å². The predicted molar refractivity (Wildman–Crippen MR) is 85.4 cm³/mol. The van der Waals surface area contributed by atoms with Crippen LogP contribution in [0.15, 0.2) is 22.1 Å². The van der Waals surface area contributed by atoms with Crippen molar-refractivity contribution in [1.82, 2.24) is 5.06 Å². The third kappa shape index (κ3) is 3.52. The number of hydrogen-bond acceptors (Lipinski definition) is 6. The van der Waals surface area contributed by atoms with Gasteiger partial charge in [-0.05, 0) is 26.0 Å². The Balaban J connectivity index is 2.19. The molecule has 1 aliphatic rings. The minimum atomic E-state index is -0.790. The molecule has 4 N–H and O–H groups in total. The van der Waals surface area contributed by atoms with E-state index in [1.54, 1.807) is 26.0 Å². The van der Waals surface area contributed by atoms with Gasteiger partial charge in [-0.2, -0.15) is 10.1 Å². The molecule has 0 aromatic heterocycles. The lowest BCUT2D eigenvalue weighted by atomic mass is 10.2. The highest BCUT2D eigenvalue weighted by atomic mass is 35.5. The number of hydrogen-bond donors (Lipinski definition) is 2. The van der Waals surface area contributed by atoms with Crippen LogP contribution in [0.25, 0.3) is 0 Å². The van der Waals surface area contributed by atoms with Gasteiger partial charge in [-0.3, -0.25) is 4.84 Å². The van der Waals surface area contributed by atoms with E-state index in [1.165, 1.54) is 5.06 Å². The Labute approximate surface area is 137 Å². The molecule has 114 valence electrons. The summed E-state index contributed by atoms with van der Waals surface area (Å²) < 4.78 is 0. The first-order valence-electron chi connectivity index (χ1n) is 5.97. The van der Waals surface area contributed by atoms with Gasteiger partial charge < -0.3 is 11.5 Å². The van der Waals surface area contributed by atoms with Gasteiger partial charge in [-0.15, -0.1) is 0 Å². The lowest BCUT2D eigenvalue weighted by Crippen LogP contribution is -2.53. The van der Waals surface area contributed by atoms with Gasteiger partial charge in [0.2, 0.25) is 11.9 Å². The number of rotatable bonds is 3. The van der Waals surface area contributed by atoms with Gasteiger partial charge >= 0.3 is 0 Å². The van der Waals surface area contributed by atoms with Crippen LogP contribution < -0.4 is 11.5 Å². The molecule has 1 aromatic carbocycles. The summed E-state index contributed by atoms with van der Waals surface area (Å²) in [5.74, 6) is 0.202. The minimum absolute atomic E-state index is 0.0872. The van der Waals surface area contributed by atoms with Gasteiger partial charge in [0, 0.05) is 20.6 Å². The standard InChI is InChI=1S/C12H14Cl3N5O/c1-12(2)19-10(16)18-11(17)20(12)21-5-7-8(14)3-6(13)4-9(7)15/h3-4H,5H2,1-2H3,(H4,16,17,18,19). The van der Waals surface area contributed by atoms with Gasteiger partial charge in [0.05, 0.1) is 0 Å². The fraction of sp³-hybridized carbons (Fsp3) is 0.333. The average molecular weight is 351 g/mol. The summed E-state index contributed by atoms with van der Waals surface area (Å²) in [7, 11) is 0. The van der Waals surface area contributed by atoms with Crippen LogP contribution in [-0.2, 0) is 11.4 Å². The highest BCUT2D eigenvalue weighted by Gasteiger charge is 2.33. The zero-order valence-corrected chi connectivity index (χ0v) is 13.7. The third-order valence-corrected chi connectivity index (χ3v) is 3.66. The molecule has 2 rings (SSSR count). The summed E-state index contributed by atoms with van der Waals surface area (Å²) in [5, 5.41) is 2.61. The second-order valence-corrected chi connectivity index (χ2v) is 6.10. The summed E-state index contributed by atoms with van der Waals surface area (Å²) in [6.45, 7) is 3.66. The molecule has 0 radical (unpaired) electrons. The van der Waals surface area contributed by atoms with Gasteiger partial charge in [-0.25, -0.2) is 4.99 Å². The number of guanidine groups is 2. The molecule has 9 heteroatoms. The Morgan fingerprint density at radius 1 is 1.19 bits per heavy atom. The number of aliphatic imine (C=N–C) groups is 2. The molecule has 0 unspecified atom stereocenters. The van der Waals surface area contributed by atoms with Crippen LogP contribution in [-0.4, -0.2) is 22.6 Å². The molecule has 0 atom stereocenters. The Morgan fingerprint density at radius 3 is 2.29 bits per heavy atom. The molecular weight excluding hydrogens is 337 g/mol. The van der Waals surface area contributed by atoms with Crippen molar-refractivity contribution < 1.29 is 4.84 Å². The smallest absolute Gasteiger partial charge is 0.226 e. The molecule has 1 aromatic rings. The highest BCUT2D eigenvalue weighted by Crippen LogP contribution is 2.30. The molecule has 0 fully saturated rings. The molecule has 0 aliphatic carbocycles. The van der Waals surface area contributed by atoms with E-state index < -0.39 is 5.66 Å². The van der Waals surface area contributed by atoms with Gasteiger partial charge in [0.25, 0.3) is 0 Å². The van der Waals surface area contributed by atoms with Crippen LogP contribution in [0, 0.1) is 0 Å². The number of benzene rings is 1. The van der Waals surface area contributed by atoms with E-state index in [-0.39, 0.29) is 18.5 Å². The average Bonchev–Trinajstić information content (AvgIpc) is 2.29. The Kier molecular flexibility index (Phi) is 4.53. The van der Waals surface area contributed by atoms with E-state index >= 15 is 0 Å². The summed E-state index contributed by atoms with van der Waals surface area (Å²) >= 11 is 18.1. The number of hydroxylamine groups is 2. The van der Waals surface area contributed by atoms with Crippen LogP contribution in [0.4, 0.5) is 0 Å². The predicted octanol–water partition coefficient (Wildman–Crippen LogP) is 2.76. The van der Waals surface area contributed by atoms with Crippen LogP contribution >= 0.6 is 34.8 Å². The molecule has 0 saturated carbocycles. The van der Waals surface area contributed by atoms with Crippen molar-refractivity contribution in [2.45, 2.75) is 26.1 Å². The molecule has 0 spiro atoms. The molecule has 6 nitrogen and oxygen atoms in total. The third-order valence-electron chi connectivity index (χ3n) is 2.77. The lowest BCUT2D eigenvalue weighted by Gasteiger charge is -2.36. The van der Waals surface area contributed by atoms with Gasteiger partial charge in [-0.1, -0.05) is 34.8 Å². The summed E-state index contributed by atoms with van der Waals surface area (Å²) in [6.07, 6.45) is 0. The molecule has 0 saturated heterocycles. The summed E-state index contributed by atoms with van der Waals surface area (Å²) in [5.41, 5.74) is 11.2. The monoisotopic (exact) mass is 349 g/mol. The first-order valence-corrected chi connectivity index (χ1v) is 7.10. The minimum Gasteiger partial charge on any atom is -0.368 e. The molecule has 1 aliphatic heterocycles. The molecule has 0 amide bonds. The van der Waals surface area contributed by atoms with Gasteiger partial charge in [0.15, 0.2) is 5.66 Å². The summed E-state index contributed by atoms with van der Waals surface area (Å²) in [4.78, 5) is 13.7. The molecule has 21 heavy (non-hydrogen) atoms. The molecule has 0 bridgehead atoms. The van der Waals surface area contributed by atoms with E-state index in [0.29, 0.717) is 20.6 Å². The second-order valence-electron chi connectivity index (χ2n) is 4.85. The largest absolute Gasteiger partial charge is 0.368 e. The summed E-state index contributed by atoms with van der Waals surface area (Å²) in [6, 6.07) is 3.17. The normalized spacial score (nSPS) is 17.5. The van der Waals surface area contributed by atoms with E-state index in [2.05, 4.69) is 9.98 Å². The van der Waals surface area contributed by atoms with Crippen molar-refractivity contribution in [3.63, 3.8) is 0 Å². The fourth-order valence-electron chi connectivity index (χ4n) is 1.86. The van der Waals surface area contributed by atoms with Crippen molar-refractivity contribution in [3.8, 4) is 0 Å². The second kappa shape index (κ2) is 5.88. The van der Waals surface area contributed by atoms with Crippen molar-refractivity contribution in [3.05, 3.63) is 32.8 Å². The van der Waals surface area contributed by atoms with Crippen molar-refractivity contribution >= 4 is 46.7 Å². The Hall–Kier alpha value is -1.21. The van der Waals surface area contributed by atoms with Crippen LogP contribution in [0.5, 0.6) is 0 Å². The maximum atomic E-state index is 6.11. The van der Waals surface area contributed by atoms with E-state index in [9.17, 15) is 0 Å². The molecular formula is C12H14Cl3N5O. The lowest BCUT2D eigenvalue weighted by molar-refractivity contribution is -0.166. The fourth-order valence-corrected chi connectivity index (χ4v) is 2.78. The van der Waals surface area contributed by atoms with E-state index in [0.717, 1.165) is 0 Å². The maximum Gasteiger partial charge on any atom is 0.226 e. The van der Waals surface area contributed by atoms with Crippen molar-refractivity contribution in [2.24, 2.45) is 21.5 Å². The topological polar surface area (TPSA) is 89.2 Å². The first kappa shape index (κ1) is 16.2. The first-order chi connectivity index (χ1) is 9.70.